The second kappa shape index (κ2) is 7.00. The molecule has 1 aromatic rings. The summed E-state index contributed by atoms with van der Waals surface area (Å²) in [5.41, 5.74) is -0.109. The lowest BCUT2D eigenvalue weighted by Crippen LogP contribution is -2.69. The van der Waals surface area contributed by atoms with Gasteiger partial charge in [0.15, 0.2) is 0 Å². The van der Waals surface area contributed by atoms with Crippen molar-refractivity contribution in [3.63, 3.8) is 0 Å². The molecule has 0 bridgehead atoms. The molecule has 8 heteroatoms. The summed E-state index contributed by atoms with van der Waals surface area (Å²) in [6.45, 7) is 5.93. The Morgan fingerprint density at radius 3 is 2.89 bits per heavy atom. The van der Waals surface area contributed by atoms with Gasteiger partial charge in [-0.25, -0.2) is 4.98 Å². The number of fused-ring (bicyclic) bond motifs is 3. The van der Waals surface area contributed by atoms with E-state index in [0.717, 1.165) is 0 Å². The van der Waals surface area contributed by atoms with Crippen molar-refractivity contribution in [2.45, 2.75) is 44.8 Å². The normalized spacial score (nSPS) is 33.3. The highest BCUT2D eigenvalue weighted by Crippen LogP contribution is 2.44. The first-order valence-corrected chi connectivity index (χ1v) is 9.64. The number of H-pyrrole nitrogens is 1. The van der Waals surface area contributed by atoms with E-state index in [1.807, 2.05) is 4.90 Å². The SMILES string of the molecule is Cc1nc(C)c(CC(=O)N2C[C@@H]3COCC[C@]3(O)[C@H]3COCC[C@H]32)c(=O)[nH]1. The number of hydrogen-bond donors (Lipinski definition) is 2. The van der Waals surface area contributed by atoms with Crippen LogP contribution in [0.2, 0.25) is 0 Å². The Hall–Kier alpha value is -1.77. The van der Waals surface area contributed by atoms with E-state index >= 15 is 0 Å². The number of carbonyl (C=O) groups excluding carboxylic acids is 1. The maximum Gasteiger partial charge on any atom is 0.254 e. The molecule has 2 N–H and O–H groups in total. The summed E-state index contributed by atoms with van der Waals surface area (Å²) in [4.78, 5) is 34.3. The number of piperidine rings is 1. The third kappa shape index (κ3) is 3.19. The standard InChI is InChI=1S/C19H27N3O5/c1-11-14(18(24)21-12(2)20-11)7-17(23)22-8-13-9-27-6-4-19(13,25)15-10-26-5-3-16(15)22/h13,15-16,25H,3-10H2,1-2H3,(H,20,21,24)/t13-,15+,16-,19-/m1/s1. The van der Waals surface area contributed by atoms with Gasteiger partial charge in [0.1, 0.15) is 5.82 Å². The minimum absolute atomic E-state index is 0.0184. The quantitative estimate of drug-likeness (QED) is 0.748. The highest BCUT2D eigenvalue weighted by atomic mass is 16.5. The lowest BCUT2D eigenvalue weighted by atomic mass is 9.66. The first-order chi connectivity index (χ1) is 12.9. The van der Waals surface area contributed by atoms with Crippen molar-refractivity contribution in [2.24, 2.45) is 11.8 Å². The van der Waals surface area contributed by atoms with Crippen LogP contribution in [-0.2, 0) is 20.7 Å². The Balaban J connectivity index is 1.61. The number of likely N-dealkylation sites (tertiary alicyclic amines) is 1. The molecule has 3 saturated heterocycles. The third-order valence-electron chi connectivity index (χ3n) is 6.44. The Bertz CT molecular complexity index is 794. The Labute approximate surface area is 157 Å². The fourth-order valence-electron chi connectivity index (χ4n) is 4.96. The summed E-state index contributed by atoms with van der Waals surface area (Å²) < 4.78 is 11.2. The van der Waals surface area contributed by atoms with Crippen LogP contribution in [0.4, 0.5) is 0 Å². The van der Waals surface area contributed by atoms with Crippen LogP contribution < -0.4 is 5.56 Å². The number of aromatic nitrogens is 2. The average molecular weight is 377 g/mol. The smallest absolute Gasteiger partial charge is 0.254 e. The summed E-state index contributed by atoms with van der Waals surface area (Å²) in [5, 5.41) is 11.3. The molecule has 1 amide bonds. The molecule has 1 aromatic heterocycles. The summed E-state index contributed by atoms with van der Waals surface area (Å²) >= 11 is 0. The van der Waals surface area contributed by atoms with Crippen molar-refractivity contribution in [3.8, 4) is 0 Å². The van der Waals surface area contributed by atoms with Gasteiger partial charge in [0.2, 0.25) is 5.91 Å². The topological polar surface area (TPSA) is 105 Å². The largest absolute Gasteiger partial charge is 0.389 e. The van der Waals surface area contributed by atoms with Crippen molar-refractivity contribution in [3.05, 3.63) is 27.4 Å². The molecule has 0 aliphatic carbocycles. The van der Waals surface area contributed by atoms with E-state index in [1.165, 1.54) is 0 Å². The molecule has 3 aliphatic rings. The van der Waals surface area contributed by atoms with Crippen LogP contribution in [0.5, 0.6) is 0 Å². The van der Waals surface area contributed by atoms with Gasteiger partial charge in [0, 0.05) is 55.3 Å². The van der Waals surface area contributed by atoms with E-state index in [0.29, 0.717) is 62.9 Å². The first-order valence-electron chi connectivity index (χ1n) is 9.64. The molecule has 148 valence electrons. The second-order valence-electron chi connectivity index (χ2n) is 7.99. The van der Waals surface area contributed by atoms with Crippen LogP contribution in [0.25, 0.3) is 0 Å². The first kappa shape index (κ1) is 18.6. The summed E-state index contributed by atoms with van der Waals surface area (Å²) in [5.74, 6) is 0.196. The van der Waals surface area contributed by atoms with Gasteiger partial charge in [0.25, 0.3) is 5.56 Å². The van der Waals surface area contributed by atoms with E-state index in [4.69, 9.17) is 9.47 Å². The number of aryl methyl sites for hydroxylation is 2. The maximum absolute atomic E-state index is 13.2. The van der Waals surface area contributed by atoms with E-state index in [9.17, 15) is 14.7 Å². The van der Waals surface area contributed by atoms with Gasteiger partial charge in [-0.05, 0) is 20.3 Å². The lowest BCUT2D eigenvalue weighted by molar-refractivity contribution is -0.219. The molecule has 3 fully saturated rings. The number of nitrogens with zero attached hydrogens (tertiary/aromatic N) is 2. The van der Waals surface area contributed by atoms with E-state index in [1.54, 1.807) is 13.8 Å². The number of hydrogen-bond acceptors (Lipinski definition) is 6. The number of rotatable bonds is 2. The van der Waals surface area contributed by atoms with E-state index in [-0.39, 0.29) is 35.8 Å². The monoisotopic (exact) mass is 377 g/mol. The van der Waals surface area contributed by atoms with Crippen molar-refractivity contribution >= 4 is 5.91 Å². The molecule has 8 nitrogen and oxygen atoms in total. The zero-order valence-corrected chi connectivity index (χ0v) is 15.9. The predicted octanol–water partition coefficient (Wildman–Crippen LogP) is -0.0559. The minimum atomic E-state index is -0.848. The van der Waals surface area contributed by atoms with Gasteiger partial charge in [-0.3, -0.25) is 9.59 Å². The number of aromatic amines is 1. The lowest BCUT2D eigenvalue weighted by Gasteiger charge is -2.57. The van der Waals surface area contributed by atoms with E-state index in [2.05, 4.69) is 9.97 Å². The minimum Gasteiger partial charge on any atom is -0.389 e. The molecule has 0 radical (unpaired) electrons. The zero-order valence-electron chi connectivity index (χ0n) is 15.9. The second-order valence-corrected chi connectivity index (χ2v) is 7.99. The van der Waals surface area contributed by atoms with Gasteiger partial charge in [-0.1, -0.05) is 0 Å². The van der Waals surface area contributed by atoms with Crippen LogP contribution in [-0.4, -0.2) is 70.5 Å². The fourth-order valence-corrected chi connectivity index (χ4v) is 4.96. The molecule has 27 heavy (non-hydrogen) atoms. The molecular weight excluding hydrogens is 350 g/mol. The molecule has 0 aromatic carbocycles. The maximum atomic E-state index is 13.2. The predicted molar refractivity (Wildman–Crippen MR) is 96.3 cm³/mol. The van der Waals surface area contributed by atoms with Crippen LogP contribution in [0, 0.1) is 25.7 Å². The van der Waals surface area contributed by atoms with E-state index < -0.39 is 5.60 Å². The van der Waals surface area contributed by atoms with Gasteiger partial charge < -0.3 is 24.5 Å². The zero-order chi connectivity index (χ0) is 19.2. The van der Waals surface area contributed by atoms with Gasteiger partial charge in [-0.15, -0.1) is 0 Å². The Morgan fingerprint density at radius 1 is 1.33 bits per heavy atom. The Morgan fingerprint density at radius 2 is 2.11 bits per heavy atom. The number of nitrogens with one attached hydrogen (secondary N) is 1. The van der Waals surface area contributed by atoms with Crippen molar-refractivity contribution < 1.29 is 19.4 Å². The molecule has 4 atom stereocenters. The average Bonchev–Trinajstić information content (AvgIpc) is 2.64. The molecule has 0 saturated carbocycles. The van der Waals surface area contributed by atoms with Crippen LogP contribution in [0.15, 0.2) is 4.79 Å². The van der Waals surface area contributed by atoms with Crippen molar-refractivity contribution in [1.29, 1.82) is 0 Å². The van der Waals surface area contributed by atoms with Gasteiger partial charge in [-0.2, -0.15) is 0 Å². The van der Waals surface area contributed by atoms with Crippen molar-refractivity contribution in [2.75, 3.05) is 33.0 Å². The van der Waals surface area contributed by atoms with Gasteiger partial charge >= 0.3 is 0 Å². The van der Waals surface area contributed by atoms with Crippen LogP contribution in [0.1, 0.15) is 29.9 Å². The van der Waals surface area contributed by atoms with Gasteiger partial charge in [0.05, 0.1) is 25.2 Å². The summed E-state index contributed by atoms with van der Waals surface area (Å²) in [6.07, 6.45) is 1.29. The molecular formula is C19H27N3O5. The highest BCUT2D eigenvalue weighted by molar-refractivity contribution is 5.79. The molecule has 0 spiro atoms. The molecule has 3 aliphatic heterocycles. The third-order valence-corrected chi connectivity index (χ3v) is 6.44. The number of ether oxygens (including phenoxy) is 2. The molecule has 4 rings (SSSR count). The number of aliphatic hydroxyl groups is 1. The number of carbonyl (C=O) groups is 1. The Kier molecular flexibility index (Phi) is 4.82. The van der Waals surface area contributed by atoms with Crippen molar-refractivity contribution in [1.82, 2.24) is 14.9 Å². The summed E-state index contributed by atoms with van der Waals surface area (Å²) in [7, 11) is 0. The van der Waals surface area contributed by atoms with Crippen LogP contribution in [0.3, 0.4) is 0 Å². The summed E-state index contributed by atoms with van der Waals surface area (Å²) in [6, 6.07) is -0.0663. The van der Waals surface area contributed by atoms with Crippen LogP contribution >= 0.6 is 0 Å². The highest BCUT2D eigenvalue weighted by Gasteiger charge is 2.56. The number of amides is 1. The molecule has 0 unspecified atom stereocenters. The fraction of sp³-hybridized carbons (Fsp3) is 0.737. The molecule has 4 heterocycles.